The van der Waals surface area contributed by atoms with Crippen LogP contribution in [0.4, 0.5) is 11.5 Å². The normalized spacial score (nSPS) is 23.4. The molecule has 1 aliphatic heterocycles. The van der Waals surface area contributed by atoms with E-state index in [0.717, 1.165) is 18.1 Å². The Bertz CT molecular complexity index is 442. The fraction of sp³-hybridized carbons (Fsp3) is 0.750. The van der Waals surface area contributed by atoms with Crippen molar-refractivity contribution in [2.24, 2.45) is 7.05 Å². The van der Waals surface area contributed by atoms with Crippen LogP contribution in [0.1, 0.15) is 19.5 Å². The summed E-state index contributed by atoms with van der Waals surface area (Å²) in [5.41, 5.74) is 7.30. The van der Waals surface area contributed by atoms with E-state index in [2.05, 4.69) is 10.00 Å². The number of aromatic nitrogens is 2. The highest BCUT2D eigenvalue weighted by Gasteiger charge is 2.35. The third-order valence-corrected chi connectivity index (χ3v) is 3.22. The van der Waals surface area contributed by atoms with Gasteiger partial charge in [0.2, 0.25) is 0 Å². The molecule has 6 nitrogen and oxygen atoms in total. The molecule has 2 heterocycles. The van der Waals surface area contributed by atoms with Crippen LogP contribution in [-0.2, 0) is 11.8 Å². The molecule has 0 amide bonds. The molecule has 0 bridgehead atoms. The highest BCUT2D eigenvalue weighted by molar-refractivity contribution is 5.66. The SMILES string of the molecule is Cc1nn(C)c(N2CC(CO)OC(C)(C)C2)c1N. The van der Waals surface area contributed by atoms with E-state index in [0.29, 0.717) is 12.2 Å². The molecular weight excluding hydrogens is 232 g/mol. The van der Waals surface area contributed by atoms with Crippen molar-refractivity contribution in [2.75, 3.05) is 30.3 Å². The summed E-state index contributed by atoms with van der Waals surface area (Å²) < 4.78 is 7.59. The lowest BCUT2D eigenvalue weighted by Crippen LogP contribution is -2.54. The molecule has 1 unspecified atom stereocenters. The van der Waals surface area contributed by atoms with Crippen LogP contribution in [0.25, 0.3) is 0 Å². The summed E-state index contributed by atoms with van der Waals surface area (Å²) in [7, 11) is 1.88. The predicted molar refractivity (Wildman–Crippen MR) is 70.6 cm³/mol. The van der Waals surface area contributed by atoms with Crippen LogP contribution in [0.2, 0.25) is 0 Å². The molecule has 18 heavy (non-hydrogen) atoms. The van der Waals surface area contributed by atoms with Crippen molar-refractivity contribution in [1.82, 2.24) is 9.78 Å². The Kier molecular flexibility index (Phi) is 3.25. The van der Waals surface area contributed by atoms with Gasteiger partial charge in [0, 0.05) is 20.1 Å². The molecule has 1 saturated heterocycles. The highest BCUT2D eigenvalue weighted by atomic mass is 16.5. The minimum absolute atomic E-state index is 0.0106. The number of aryl methyl sites for hydroxylation is 2. The summed E-state index contributed by atoms with van der Waals surface area (Å²) in [5, 5.41) is 13.7. The van der Waals surface area contributed by atoms with Gasteiger partial charge in [-0.05, 0) is 20.8 Å². The van der Waals surface area contributed by atoms with E-state index in [4.69, 9.17) is 10.5 Å². The lowest BCUT2D eigenvalue weighted by molar-refractivity contribution is -0.101. The number of aliphatic hydroxyl groups is 1. The van der Waals surface area contributed by atoms with Gasteiger partial charge in [0.1, 0.15) is 0 Å². The van der Waals surface area contributed by atoms with E-state index in [1.54, 1.807) is 4.68 Å². The van der Waals surface area contributed by atoms with E-state index in [9.17, 15) is 5.11 Å². The van der Waals surface area contributed by atoms with E-state index < -0.39 is 0 Å². The van der Waals surface area contributed by atoms with Crippen LogP contribution in [0.15, 0.2) is 0 Å². The van der Waals surface area contributed by atoms with Crippen LogP contribution in [-0.4, -0.2) is 46.3 Å². The van der Waals surface area contributed by atoms with Gasteiger partial charge >= 0.3 is 0 Å². The van der Waals surface area contributed by atoms with Crippen LogP contribution in [0.3, 0.4) is 0 Å². The molecule has 6 heteroatoms. The number of aliphatic hydroxyl groups excluding tert-OH is 1. The number of morpholine rings is 1. The van der Waals surface area contributed by atoms with Crippen LogP contribution >= 0.6 is 0 Å². The number of nitrogen functional groups attached to an aromatic ring is 1. The number of rotatable bonds is 2. The summed E-state index contributed by atoms with van der Waals surface area (Å²) in [6.45, 7) is 7.29. The minimum Gasteiger partial charge on any atom is -0.394 e. The first-order valence-corrected chi connectivity index (χ1v) is 6.17. The average molecular weight is 254 g/mol. The largest absolute Gasteiger partial charge is 0.394 e. The van der Waals surface area contributed by atoms with Gasteiger partial charge in [-0.3, -0.25) is 4.68 Å². The van der Waals surface area contributed by atoms with E-state index >= 15 is 0 Å². The molecule has 1 atom stereocenters. The zero-order chi connectivity index (χ0) is 13.5. The maximum Gasteiger partial charge on any atom is 0.150 e. The molecule has 0 aromatic carbocycles. The molecule has 2 rings (SSSR count). The van der Waals surface area contributed by atoms with E-state index in [1.165, 1.54) is 0 Å². The maximum atomic E-state index is 9.33. The summed E-state index contributed by atoms with van der Waals surface area (Å²) in [6, 6.07) is 0. The average Bonchev–Trinajstić information content (AvgIpc) is 2.50. The van der Waals surface area contributed by atoms with Gasteiger partial charge in [-0.15, -0.1) is 0 Å². The van der Waals surface area contributed by atoms with Crippen molar-refractivity contribution >= 4 is 11.5 Å². The summed E-state index contributed by atoms with van der Waals surface area (Å²) >= 11 is 0. The first-order valence-electron chi connectivity index (χ1n) is 6.17. The lowest BCUT2D eigenvalue weighted by Gasteiger charge is -2.43. The molecule has 1 aromatic heterocycles. The first-order chi connectivity index (χ1) is 8.34. The van der Waals surface area contributed by atoms with Gasteiger partial charge in [0.15, 0.2) is 5.82 Å². The van der Waals surface area contributed by atoms with Crippen LogP contribution in [0, 0.1) is 6.92 Å². The zero-order valence-corrected chi connectivity index (χ0v) is 11.5. The summed E-state index contributed by atoms with van der Waals surface area (Å²) in [6.07, 6.45) is -0.191. The Morgan fingerprint density at radius 1 is 1.56 bits per heavy atom. The summed E-state index contributed by atoms with van der Waals surface area (Å²) in [5.74, 6) is 0.905. The minimum atomic E-state index is -0.309. The van der Waals surface area contributed by atoms with Gasteiger partial charge in [-0.25, -0.2) is 0 Å². The molecule has 1 aromatic rings. The second-order valence-electron chi connectivity index (χ2n) is 5.51. The van der Waals surface area contributed by atoms with Crippen molar-refractivity contribution in [3.05, 3.63) is 5.69 Å². The molecular formula is C12H22N4O2. The van der Waals surface area contributed by atoms with Crippen LogP contribution < -0.4 is 10.6 Å². The number of nitrogens with zero attached hydrogens (tertiary/aromatic N) is 3. The Hall–Kier alpha value is -1.27. The zero-order valence-electron chi connectivity index (χ0n) is 11.5. The Morgan fingerprint density at radius 2 is 2.22 bits per heavy atom. The van der Waals surface area contributed by atoms with Crippen LogP contribution in [0.5, 0.6) is 0 Å². The molecule has 1 fully saturated rings. The molecule has 1 aliphatic rings. The number of hydrogen-bond donors (Lipinski definition) is 2. The number of anilines is 2. The molecule has 102 valence electrons. The topological polar surface area (TPSA) is 76.5 Å². The summed E-state index contributed by atoms with van der Waals surface area (Å²) in [4.78, 5) is 2.14. The number of nitrogens with two attached hydrogens (primary N) is 1. The Labute approximate surface area is 107 Å². The highest BCUT2D eigenvalue weighted by Crippen LogP contribution is 2.31. The standard InChI is InChI=1S/C12H22N4O2/c1-8-10(13)11(15(4)14-8)16-5-9(6-17)18-12(2,3)7-16/h9,17H,5-7,13H2,1-4H3. The molecule has 3 N–H and O–H groups in total. The second-order valence-corrected chi connectivity index (χ2v) is 5.51. The van der Waals surface area contributed by atoms with Gasteiger partial charge in [0.25, 0.3) is 0 Å². The van der Waals surface area contributed by atoms with Crippen molar-refractivity contribution < 1.29 is 9.84 Å². The van der Waals surface area contributed by atoms with Gasteiger partial charge in [-0.1, -0.05) is 0 Å². The second kappa shape index (κ2) is 4.44. The van der Waals surface area contributed by atoms with Crippen molar-refractivity contribution in [3.63, 3.8) is 0 Å². The number of ether oxygens (including phenoxy) is 1. The lowest BCUT2D eigenvalue weighted by atomic mass is 10.1. The van der Waals surface area contributed by atoms with Crippen molar-refractivity contribution in [2.45, 2.75) is 32.5 Å². The fourth-order valence-electron chi connectivity index (χ4n) is 2.59. The fourth-order valence-corrected chi connectivity index (χ4v) is 2.59. The van der Waals surface area contributed by atoms with Gasteiger partial charge < -0.3 is 20.5 Å². The third kappa shape index (κ3) is 2.30. The molecule has 0 saturated carbocycles. The monoisotopic (exact) mass is 254 g/mol. The van der Waals surface area contributed by atoms with Crippen molar-refractivity contribution in [1.29, 1.82) is 0 Å². The quantitative estimate of drug-likeness (QED) is 0.793. The Balaban J connectivity index is 2.32. The maximum absolute atomic E-state index is 9.33. The van der Waals surface area contributed by atoms with Crippen molar-refractivity contribution in [3.8, 4) is 0 Å². The number of hydrogen-bond acceptors (Lipinski definition) is 5. The van der Waals surface area contributed by atoms with E-state index in [1.807, 2.05) is 27.8 Å². The molecule has 0 spiro atoms. The first kappa shape index (κ1) is 13.2. The molecule has 0 radical (unpaired) electrons. The smallest absolute Gasteiger partial charge is 0.150 e. The van der Waals surface area contributed by atoms with Gasteiger partial charge in [-0.2, -0.15) is 5.10 Å². The molecule has 0 aliphatic carbocycles. The third-order valence-electron chi connectivity index (χ3n) is 3.22. The Morgan fingerprint density at radius 3 is 2.72 bits per heavy atom. The van der Waals surface area contributed by atoms with Gasteiger partial charge in [0.05, 0.1) is 29.7 Å². The van der Waals surface area contributed by atoms with E-state index in [-0.39, 0.29) is 18.3 Å². The predicted octanol–water partition coefficient (Wildman–Crippen LogP) is 0.287.